The van der Waals surface area contributed by atoms with Crippen LogP contribution < -0.4 is 16.5 Å². The van der Waals surface area contributed by atoms with Crippen molar-refractivity contribution in [3.8, 4) is 0 Å². The highest BCUT2D eigenvalue weighted by molar-refractivity contribution is 5.85. The third-order valence-corrected chi connectivity index (χ3v) is 5.03. The molecule has 0 aromatic carbocycles. The van der Waals surface area contributed by atoms with Gasteiger partial charge in [-0.1, -0.05) is 6.92 Å². The third-order valence-electron chi connectivity index (χ3n) is 5.03. The molecule has 1 aromatic heterocycles. The Hall–Kier alpha value is -2.91. The van der Waals surface area contributed by atoms with Gasteiger partial charge in [0, 0.05) is 26.2 Å². The Balaban J connectivity index is 1.97. The van der Waals surface area contributed by atoms with Gasteiger partial charge in [-0.3, -0.25) is 14.5 Å². The lowest BCUT2D eigenvalue weighted by Crippen LogP contribution is -2.38. The maximum absolute atomic E-state index is 11.5. The molecule has 1 aliphatic carbocycles. The number of nitrogens with one attached hydrogen (secondary N) is 2. The van der Waals surface area contributed by atoms with Crippen LogP contribution in [-0.4, -0.2) is 47.0 Å². The van der Waals surface area contributed by atoms with Crippen molar-refractivity contribution in [2.75, 3.05) is 13.6 Å². The van der Waals surface area contributed by atoms with Crippen molar-refractivity contribution in [3.63, 3.8) is 0 Å². The topological polar surface area (TPSA) is 141 Å². The molecule has 0 aliphatic heterocycles. The summed E-state index contributed by atoms with van der Waals surface area (Å²) < 4.78 is 1.77. The molecule has 10 nitrogen and oxygen atoms in total. The van der Waals surface area contributed by atoms with E-state index in [1.807, 2.05) is 13.2 Å². The van der Waals surface area contributed by atoms with E-state index in [2.05, 4.69) is 27.8 Å². The molecule has 1 aliphatic rings. The Labute approximate surface area is 163 Å². The molecule has 1 saturated carbocycles. The Morgan fingerprint density at radius 3 is 2.79 bits per heavy atom. The summed E-state index contributed by atoms with van der Waals surface area (Å²) in [6.07, 6.45) is 3.08. The smallest absolute Gasteiger partial charge is 0.368 e. The molecule has 1 fully saturated rings. The second-order valence-electron chi connectivity index (χ2n) is 7.18. The molecule has 4 N–H and O–H groups in total. The van der Waals surface area contributed by atoms with Gasteiger partial charge in [0.15, 0.2) is 0 Å². The first-order valence-corrected chi connectivity index (χ1v) is 9.17. The first kappa shape index (κ1) is 21.4. The van der Waals surface area contributed by atoms with E-state index >= 15 is 0 Å². The van der Waals surface area contributed by atoms with E-state index in [0.717, 1.165) is 17.7 Å². The number of nitrogens with two attached hydrogens (primary N) is 1. The summed E-state index contributed by atoms with van der Waals surface area (Å²) in [5.41, 5.74) is 9.51. The fraction of sp³-hybridized carbons (Fsp3) is 0.611. The number of hydrogen-bond acceptors (Lipinski definition) is 6. The van der Waals surface area contributed by atoms with Crippen molar-refractivity contribution in [1.29, 1.82) is 0 Å². The van der Waals surface area contributed by atoms with Crippen molar-refractivity contribution in [2.45, 2.75) is 39.0 Å². The second-order valence-corrected chi connectivity index (χ2v) is 7.18. The van der Waals surface area contributed by atoms with Crippen molar-refractivity contribution in [2.24, 2.45) is 29.6 Å². The second kappa shape index (κ2) is 9.34. The summed E-state index contributed by atoms with van der Waals surface area (Å²) in [5, 5.41) is 6.57. The molecular formula is C18H28N6O4. The molecule has 0 saturated heterocycles. The van der Waals surface area contributed by atoms with Gasteiger partial charge >= 0.3 is 6.09 Å². The molecule has 0 spiro atoms. The Morgan fingerprint density at radius 1 is 1.46 bits per heavy atom. The summed E-state index contributed by atoms with van der Waals surface area (Å²) in [5.74, 6) is 1.17. The average Bonchev–Trinajstić information content (AvgIpc) is 3.29. The average molecular weight is 392 g/mol. The number of Topliss-reactive ketones (excluding diaryl/α,β-unsaturated/α-hetero) is 1. The van der Waals surface area contributed by atoms with E-state index < -0.39 is 12.0 Å². The molecule has 2 amide bonds. The van der Waals surface area contributed by atoms with Crippen LogP contribution in [0.1, 0.15) is 43.9 Å². The monoisotopic (exact) mass is 392 g/mol. The third kappa shape index (κ3) is 5.80. The van der Waals surface area contributed by atoms with E-state index in [0.29, 0.717) is 30.5 Å². The van der Waals surface area contributed by atoms with Crippen molar-refractivity contribution < 1.29 is 19.2 Å². The van der Waals surface area contributed by atoms with Gasteiger partial charge < -0.3 is 20.7 Å². The number of hydrogen-bond donors (Lipinski definition) is 3. The van der Waals surface area contributed by atoms with E-state index in [4.69, 9.17) is 10.6 Å². The maximum atomic E-state index is 11.5. The van der Waals surface area contributed by atoms with Crippen LogP contribution in [0.3, 0.4) is 0 Å². The lowest BCUT2D eigenvalue weighted by Gasteiger charge is -2.15. The number of aromatic nitrogens is 2. The van der Waals surface area contributed by atoms with Crippen molar-refractivity contribution in [3.05, 3.63) is 17.5 Å². The molecule has 1 heterocycles. The minimum Gasteiger partial charge on any atom is -0.368 e. The van der Waals surface area contributed by atoms with Crippen LogP contribution in [0.5, 0.6) is 0 Å². The first-order chi connectivity index (χ1) is 13.2. The van der Waals surface area contributed by atoms with Crippen LogP contribution in [0.4, 0.5) is 4.79 Å². The zero-order valence-electron chi connectivity index (χ0n) is 16.7. The summed E-state index contributed by atoms with van der Waals surface area (Å²) in [4.78, 5) is 42.5. The molecule has 0 radical (unpaired) electrons. The quantitative estimate of drug-likeness (QED) is 0.333. The Bertz CT molecular complexity index is 772. The minimum atomic E-state index is -0.830. The SMILES string of the molecule is CN=C(Cc1c([C@H](C)C2CC2CC(C)=O)cnn1C)NOC(=O)NCC(N)=O. The number of amides is 2. The predicted molar refractivity (Wildman–Crippen MR) is 102 cm³/mol. The van der Waals surface area contributed by atoms with Crippen molar-refractivity contribution in [1.82, 2.24) is 20.6 Å². The molecule has 10 heteroatoms. The summed E-state index contributed by atoms with van der Waals surface area (Å²) in [6.45, 7) is 3.46. The fourth-order valence-corrected chi connectivity index (χ4v) is 3.41. The van der Waals surface area contributed by atoms with Crippen LogP contribution in [0.25, 0.3) is 0 Å². The number of primary amides is 1. The number of hydroxylamine groups is 1. The molecule has 2 unspecified atom stereocenters. The molecule has 0 bridgehead atoms. The number of carbonyl (C=O) groups is 3. The van der Waals surface area contributed by atoms with Crippen molar-refractivity contribution >= 4 is 23.6 Å². The molecular weight excluding hydrogens is 364 g/mol. The van der Waals surface area contributed by atoms with Gasteiger partial charge in [0.05, 0.1) is 19.2 Å². The van der Waals surface area contributed by atoms with E-state index in [1.54, 1.807) is 18.7 Å². The van der Waals surface area contributed by atoms with Gasteiger partial charge in [-0.25, -0.2) is 10.3 Å². The standard InChI is InChI=1S/C18H28N6O4/c1-10(25)5-12-6-13(12)11(2)14-8-22-24(4)15(14)7-17(20-3)23-28-18(27)21-9-16(19)26/h8,11-13H,5-7,9H2,1-4H3,(H2,19,26)(H,20,23)(H,21,27)/t11-,12?,13?/m1/s1. The highest BCUT2D eigenvalue weighted by Gasteiger charge is 2.42. The maximum Gasteiger partial charge on any atom is 0.431 e. The Morgan fingerprint density at radius 2 is 2.18 bits per heavy atom. The lowest BCUT2D eigenvalue weighted by molar-refractivity contribution is -0.118. The zero-order chi connectivity index (χ0) is 20.8. The molecule has 3 atom stereocenters. The van der Waals surface area contributed by atoms with E-state index in [1.165, 1.54) is 0 Å². The highest BCUT2D eigenvalue weighted by atomic mass is 16.7. The van der Waals surface area contributed by atoms with Crippen LogP contribution in [0.2, 0.25) is 0 Å². The van der Waals surface area contributed by atoms with Gasteiger partial charge in [-0.2, -0.15) is 5.10 Å². The molecule has 28 heavy (non-hydrogen) atoms. The number of aliphatic imine (C=N–C) groups is 1. The number of aryl methyl sites for hydroxylation is 1. The largest absolute Gasteiger partial charge is 0.431 e. The van der Waals surface area contributed by atoms with E-state index in [9.17, 15) is 14.4 Å². The number of nitrogens with zero attached hydrogens (tertiary/aromatic N) is 3. The van der Waals surface area contributed by atoms with Gasteiger partial charge in [0.2, 0.25) is 5.91 Å². The fourth-order valence-electron chi connectivity index (χ4n) is 3.41. The highest BCUT2D eigenvalue weighted by Crippen LogP contribution is 2.50. The van der Waals surface area contributed by atoms with Gasteiger partial charge in [0.1, 0.15) is 11.6 Å². The van der Waals surface area contributed by atoms with Gasteiger partial charge in [0.25, 0.3) is 0 Å². The number of rotatable bonds is 8. The van der Waals surface area contributed by atoms with Gasteiger partial charge in [-0.15, -0.1) is 0 Å². The first-order valence-electron chi connectivity index (χ1n) is 9.17. The minimum absolute atomic E-state index is 0.225. The van der Waals surface area contributed by atoms with Crippen LogP contribution in [0, 0.1) is 11.8 Å². The lowest BCUT2D eigenvalue weighted by atomic mass is 9.93. The number of amidine groups is 1. The predicted octanol–water partition coefficient (Wildman–Crippen LogP) is 0.426. The molecule has 154 valence electrons. The van der Waals surface area contributed by atoms with E-state index in [-0.39, 0.29) is 18.2 Å². The Kier molecular flexibility index (Phi) is 7.13. The van der Waals surface area contributed by atoms with Crippen LogP contribution in [0.15, 0.2) is 11.2 Å². The summed E-state index contributed by atoms with van der Waals surface area (Å²) in [7, 11) is 3.43. The summed E-state index contributed by atoms with van der Waals surface area (Å²) in [6, 6.07) is 0. The zero-order valence-corrected chi connectivity index (χ0v) is 16.7. The number of carbonyl (C=O) groups excluding carboxylic acids is 3. The molecule has 2 rings (SSSR count). The molecule has 1 aromatic rings. The number of ketones is 1. The van der Waals surface area contributed by atoms with Crippen LogP contribution >= 0.6 is 0 Å². The normalized spacial score (nSPS) is 19.6. The van der Waals surface area contributed by atoms with Crippen LogP contribution in [-0.2, 0) is 27.9 Å². The summed E-state index contributed by atoms with van der Waals surface area (Å²) >= 11 is 0. The van der Waals surface area contributed by atoms with Gasteiger partial charge in [-0.05, 0) is 36.7 Å².